The number of carbonyl (C=O) groups excluding carboxylic acids is 3. The number of nitrogens with one attached hydrogen (secondary N) is 3. The Labute approximate surface area is 255 Å². The number of nitrogens with zero attached hydrogens (tertiary/aromatic N) is 3. The topological polar surface area (TPSA) is 134 Å². The minimum atomic E-state index is -1.06. The minimum Gasteiger partial charge on any atom is -0.465 e. The van der Waals surface area contributed by atoms with E-state index in [2.05, 4.69) is 16.0 Å². The van der Waals surface area contributed by atoms with Crippen molar-refractivity contribution in [1.29, 1.82) is 0 Å². The lowest BCUT2D eigenvalue weighted by Gasteiger charge is -2.40. The summed E-state index contributed by atoms with van der Waals surface area (Å²) in [6.45, 7) is 3.78. The number of anilines is 2. The van der Waals surface area contributed by atoms with Crippen molar-refractivity contribution in [2.24, 2.45) is 0 Å². The van der Waals surface area contributed by atoms with Crippen molar-refractivity contribution in [2.75, 3.05) is 23.3 Å². The van der Waals surface area contributed by atoms with Gasteiger partial charge in [-0.15, -0.1) is 0 Å². The molecule has 0 radical (unpaired) electrons. The van der Waals surface area contributed by atoms with Crippen LogP contribution < -0.4 is 20.9 Å². The number of urea groups is 2. The Hall–Kier alpha value is -5.06. The molecule has 3 aliphatic rings. The van der Waals surface area contributed by atoms with Crippen molar-refractivity contribution < 1.29 is 24.3 Å². The zero-order valence-corrected chi connectivity index (χ0v) is 24.6. The molecule has 1 fully saturated rings. The summed E-state index contributed by atoms with van der Waals surface area (Å²) in [6, 6.07) is 19.7. The summed E-state index contributed by atoms with van der Waals surface area (Å²) < 4.78 is 0. The first-order valence-corrected chi connectivity index (χ1v) is 14.9. The molecule has 11 nitrogen and oxygen atoms in total. The van der Waals surface area contributed by atoms with Crippen molar-refractivity contribution >= 4 is 35.4 Å². The molecule has 3 aromatic rings. The van der Waals surface area contributed by atoms with E-state index in [0.29, 0.717) is 44.6 Å². The Bertz CT molecular complexity index is 1590. The molecule has 1 unspecified atom stereocenters. The fraction of sp³-hybridized carbons (Fsp3) is 0.333. The van der Waals surface area contributed by atoms with Gasteiger partial charge >= 0.3 is 18.2 Å². The van der Waals surface area contributed by atoms with Crippen molar-refractivity contribution in [2.45, 2.75) is 57.9 Å². The van der Waals surface area contributed by atoms with E-state index >= 15 is 0 Å². The second kappa shape index (κ2) is 12.3. The molecule has 0 spiro atoms. The summed E-state index contributed by atoms with van der Waals surface area (Å²) in [7, 11) is 0. The van der Waals surface area contributed by atoms with Crippen molar-refractivity contribution in [3.05, 3.63) is 94.5 Å². The Balaban J connectivity index is 1.09. The lowest BCUT2D eigenvalue weighted by atomic mass is 9.97. The maximum absolute atomic E-state index is 13.3. The Morgan fingerprint density at radius 3 is 2.45 bits per heavy atom. The largest absolute Gasteiger partial charge is 0.465 e. The zero-order chi connectivity index (χ0) is 30.8. The molecule has 228 valence electrons. The van der Waals surface area contributed by atoms with Crippen LogP contribution in [0.3, 0.4) is 0 Å². The highest BCUT2D eigenvalue weighted by Crippen LogP contribution is 2.30. The number of hydrogen-bond acceptors (Lipinski definition) is 4. The number of likely N-dealkylation sites (tertiary alicyclic amines) is 1. The van der Waals surface area contributed by atoms with E-state index in [-0.39, 0.29) is 37.1 Å². The second-order valence-corrected chi connectivity index (χ2v) is 11.6. The van der Waals surface area contributed by atoms with E-state index in [1.807, 2.05) is 78.6 Å². The first-order valence-electron chi connectivity index (χ1n) is 14.9. The van der Waals surface area contributed by atoms with E-state index in [4.69, 9.17) is 0 Å². The van der Waals surface area contributed by atoms with Crippen LogP contribution in [-0.4, -0.2) is 64.1 Å². The van der Waals surface area contributed by atoms with Crippen LogP contribution in [0.2, 0.25) is 0 Å². The number of amides is 6. The van der Waals surface area contributed by atoms with Gasteiger partial charge in [0.25, 0.3) is 0 Å². The smallest absolute Gasteiger partial charge is 0.412 e. The van der Waals surface area contributed by atoms with Gasteiger partial charge in [-0.2, -0.15) is 0 Å². The van der Waals surface area contributed by atoms with Crippen molar-refractivity contribution in [3.8, 4) is 0 Å². The molecule has 0 aromatic heterocycles. The van der Waals surface area contributed by atoms with E-state index in [0.717, 1.165) is 33.5 Å². The average molecular weight is 597 g/mol. The van der Waals surface area contributed by atoms with Gasteiger partial charge in [-0.3, -0.25) is 9.69 Å². The third kappa shape index (κ3) is 6.03. The maximum atomic E-state index is 13.3. The summed E-state index contributed by atoms with van der Waals surface area (Å²) in [5.74, 6) is -0.285. The van der Waals surface area contributed by atoms with Gasteiger partial charge in [-0.25, -0.2) is 14.4 Å². The van der Waals surface area contributed by atoms with Gasteiger partial charge in [-0.05, 0) is 59.7 Å². The van der Waals surface area contributed by atoms with Crippen LogP contribution in [-0.2, 0) is 30.8 Å². The third-order valence-electron chi connectivity index (χ3n) is 8.77. The van der Waals surface area contributed by atoms with E-state index in [1.54, 1.807) is 4.90 Å². The molecule has 3 aromatic carbocycles. The minimum absolute atomic E-state index is 0.0184. The molecule has 6 rings (SSSR count). The molecule has 44 heavy (non-hydrogen) atoms. The van der Waals surface area contributed by atoms with Gasteiger partial charge in [-0.1, -0.05) is 54.6 Å². The summed E-state index contributed by atoms with van der Waals surface area (Å²) in [5, 5.41) is 18.8. The van der Waals surface area contributed by atoms with Gasteiger partial charge in [0.15, 0.2) is 0 Å². The highest BCUT2D eigenvalue weighted by Gasteiger charge is 2.34. The number of fused-ring (bicyclic) bond motifs is 2. The highest BCUT2D eigenvalue weighted by molar-refractivity contribution is 5.92. The van der Waals surface area contributed by atoms with Crippen LogP contribution >= 0.6 is 0 Å². The number of hydrogen-bond donors (Lipinski definition) is 4. The third-order valence-corrected chi connectivity index (χ3v) is 8.77. The molecule has 0 bridgehead atoms. The summed E-state index contributed by atoms with van der Waals surface area (Å²) in [5.41, 5.74) is 5.81. The van der Waals surface area contributed by atoms with Crippen molar-refractivity contribution in [1.82, 2.24) is 20.4 Å². The van der Waals surface area contributed by atoms with Crippen LogP contribution in [0.15, 0.2) is 66.7 Å². The van der Waals surface area contributed by atoms with Gasteiger partial charge in [0.05, 0.1) is 12.2 Å². The summed E-state index contributed by atoms with van der Waals surface area (Å²) >= 11 is 0. The summed E-state index contributed by atoms with van der Waals surface area (Å²) in [4.78, 5) is 56.2. The van der Waals surface area contributed by atoms with Crippen LogP contribution in [0.25, 0.3) is 0 Å². The molecule has 1 atom stereocenters. The SMILES string of the molecule is Cc1cc2c(cc1N(Cc1ccccc1)C(=O)O)CNC(=O)C(NC(=O)N1CCC(N3Cc4ccccc4NC3=O)CC1)C2. The van der Waals surface area contributed by atoms with Gasteiger partial charge < -0.3 is 30.9 Å². The quantitative estimate of drug-likeness (QED) is 0.346. The number of para-hydroxylation sites is 1. The lowest BCUT2D eigenvalue weighted by Crippen LogP contribution is -2.55. The monoisotopic (exact) mass is 596 g/mol. The van der Waals surface area contributed by atoms with Crippen molar-refractivity contribution in [3.63, 3.8) is 0 Å². The Morgan fingerprint density at radius 1 is 0.977 bits per heavy atom. The molecular formula is C33H36N6O5. The number of aryl methyl sites for hydroxylation is 1. The van der Waals surface area contributed by atoms with Crippen LogP contribution in [0, 0.1) is 6.92 Å². The Kier molecular flexibility index (Phi) is 8.10. The van der Waals surface area contributed by atoms with E-state index < -0.39 is 12.1 Å². The first-order chi connectivity index (χ1) is 21.3. The summed E-state index contributed by atoms with van der Waals surface area (Å²) in [6.07, 6.45) is 0.527. The standard InChI is InChI=1S/C33H36N6O5/c1-21-15-24-16-28(30(40)34-18-25(24)17-29(21)39(33(43)44)19-22-7-3-2-4-8-22)36-31(41)37-13-11-26(12-14-37)38-20-23-9-5-6-10-27(23)35-32(38)42/h2-10,15,17,26,28H,11-14,16,18-20H2,1H3,(H,34,40)(H,35,42)(H,36,41)(H,43,44). The fourth-order valence-corrected chi connectivity index (χ4v) is 6.34. The molecule has 3 heterocycles. The maximum Gasteiger partial charge on any atom is 0.412 e. The molecule has 11 heteroatoms. The Morgan fingerprint density at radius 2 is 1.70 bits per heavy atom. The number of piperidine rings is 1. The average Bonchev–Trinajstić information content (AvgIpc) is 3.17. The van der Waals surface area contributed by atoms with E-state index in [1.165, 1.54) is 4.90 Å². The van der Waals surface area contributed by atoms with Gasteiger partial charge in [0.2, 0.25) is 5.91 Å². The molecular weight excluding hydrogens is 560 g/mol. The molecule has 0 aliphatic carbocycles. The number of carbonyl (C=O) groups is 4. The zero-order valence-electron chi connectivity index (χ0n) is 24.6. The number of rotatable bonds is 5. The normalized spacial score (nSPS) is 18.3. The lowest BCUT2D eigenvalue weighted by molar-refractivity contribution is -0.122. The predicted molar refractivity (Wildman–Crippen MR) is 165 cm³/mol. The van der Waals surface area contributed by atoms with Gasteiger partial charge in [0.1, 0.15) is 6.04 Å². The van der Waals surface area contributed by atoms with Crippen LogP contribution in [0.1, 0.15) is 40.7 Å². The molecule has 3 aliphatic heterocycles. The molecule has 0 saturated carbocycles. The number of carboxylic acid groups (broad SMARTS) is 1. The van der Waals surface area contributed by atoms with E-state index in [9.17, 15) is 24.3 Å². The fourth-order valence-electron chi connectivity index (χ4n) is 6.34. The molecule has 6 amide bonds. The molecule has 4 N–H and O–H groups in total. The second-order valence-electron chi connectivity index (χ2n) is 11.6. The molecule has 1 saturated heterocycles. The van der Waals surface area contributed by atoms with Crippen LogP contribution in [0.4, 0.5) is 25.8 Å². The van der Waals surface area contributed by atoms with Gasteiger partial charge in [0, 0.05) is 44.3 Å². The first kappa shape index (κ1) is 29.0. The highest BCUT2D eigenvalue weighted by atomic mass is 16.4. The number of benzene rings is 3. The predicted octanol–water partition coefficient (Wildman–Crippen LogP) is 4.44. The van der Waals surface area contributed by atoms with Crippen LogP contribution in [0.5, 0.6) is 0 Å².